The number of carboxylic acids is 1. The lowest BCUT2D eigenvalue weighted by molar-refractivity contribution is -0.139. The van der Waals surface area contributed by atoms with E-state index in [-0.39, 0.29) is 5.91 Å². The molecule has 0 saturated heterocycles. The molecule has 2 atom stereocenters. The molecule has 1 amide bonds. The Labute approximate surface area is 104 Å². The van der Waals surface area contributed by atoms with Gasteiger partial charge in [0.25, 0.3) is 0 Å². The molecular formula is C12H12ClNO3. The summed E-state index contributed by atoms with van der Waals surface area (Å²) < 4.78 is 0. The van der Waals surface area contributed by atoms with Gasteiger partial charge in [0.15, 0.2) is 0 Å². The van der Waals surface area contributed by atoms with Gasteiger partial charge < -0.3 is 10.4 Å². The monoisotopic (exact) mass is 253 g/mol. The first-order valence-corrected chi connectivity index (χ1v) is 5.67. The van der Waals surface area contributed by atoms with E-state index in [2.05, 4.69) is 5.32 Å². The van der Waals surface area contributed by atoms with E-state index in [0.717, 1.165) is 5.56 Å². The predicted molar refractivity (Wildman–Crippen MR) is 64.1 cm³/mol. The number of benzene rings is 1. The molecule has 0 radical (unpaired) electrons. The number of nitrogens with one attached hydrogen (secondary N) is 1. The van der Waals surface area contributed by atoms with E-state index in [0.29, 0.717) is 17.1 Å². The topological polar surface area (TPSA) is 66.4 Å². The number of carbonyl (C=O) groups is 2. The summed E-state index contributed by atoms with van der Waals surface area (Å²) >= 11 is 5.93. The van der Waals surface area contributed by atoms with Crippen LogP contribution in [-0.4, -0.2) is 17.0 Å². The van der Waals surface area contributed by atoms with Crippen molar-refractivity contribution in [3.8, 4) is 0 Å². The molecular weight excluding hydrogens is 242 g/mol. The lowest BCUT2D eigenvalue weighted by Gasteiger charge is -2.08. The fraction of sp³-hybridized carbons (Fsp3) is 0.333. The maximum atomic E-state index is 11.7. The van der Waals surface area contributed by atoms with E-state index in [4.69, 9.17) is 16.7 Å². The SMILES string of the molecule is Cc1c(Cl)cccc1NC(=O)[C@@H]1C[C@@H]1C(=O)O. The smallest absolute Gasteiger partial charge is 0.307 e. The van der Waals surface area contributed by atoms with Gasteiger partial charge in [0, 0.05) is 10.7 Å². The molecule has 0 bridgehead atoms. The van der Waals surface area contributed by atoms with Crippen molar-refractivity contribution in [3.05, 3.63) is 28.8 Å². The molecule has 1 aliphatic carbocycles. The number of aliphatic carboxylic acids is 1. The van der Waals surface area contributed by atoms with Gasteiger partial charge in [-0.05, 0) is 31.0 Å². The Morgan fingerprint density at radius 2 is 2.12 bits per heavy atom. The van der Waals surface area contributed by atoms with E-state index >= 15 is 0 Å². The van der Waals surface area contributed by atoms with E-state index in [1.165, 1.54) is 0 Å². The lowest BCUT2D eigenvalue weighted by atomic mass is 10.2. The summed E-state index contributed by atoms with van der Waals surface area (Å²) in [7, 11) is 0. The average Bonchev–Trinajstić information content (AvgIpc) is 3.04. The van der Waals surface area contributed by atoms with Crippen molar-refractivity contribution in [2.24, 2.45) is 11.8 Å². The zero-order chi connectivity index (χ0) is 12.6. The average molecular weight is 254 g/mol. The van der Waals surface area contributed by atoms with Gasteiger partial charge in [0.2, 0.25) is 5.91 Å². The number of amides is 1. The van der Waals surface area contributed by atoms with Crippen molar-refractivity contribution >= 4 is 29.2 Å². The second-order valence-corrected chi connectivity index (χ2v) is 4.60. The predicted octanol–water partition coefficient (Wildman–Crippen LogP) is 2.31. The number of rotatable bonds is 3. The van der Waals surface area contributed by atoms with Gasteiger partial charge in [-0.3, -0.25) is 9.59 Å². The van der Waals surface area contributed by atoms with Crippen molar-refractivity contribution in [1.82, 2.24) is 0 Å². The van der Waals surface area contributed by atoms with Crippen molar-refractivity contribution in [2.75, 3.05) is 5.32 Å². The Morgan fingerprint density at radius 1 is 1.41 bits per heavy atom. The molecule has 4 nitrogen and oxygen atoms in total. The first-order chi connectivity index (χ1) is 8.00. The van der Waals surface area contributed by atoms with Crippen LogP contribution in [-0.2, 0) is 9.59 Å². The molecule has 0 unspecified atom stereocenters. The first-order valence-electron chi connectivity index (χ1n) is 5.29. The molecule has 1 aromatic carbocycles. The van der Waals surface area contributed by atoms with Gasteiger partial charge in [-0.25, -0.2) is 0 Å². The molecule has 0 heterocycles. The van der Waals surface area contributed by atoms with Crippen LogP contribution in [0.5, 0.6) is 0 Å². The van der Waals surface area contributed by atoms with E-state index in [9.17, 15) is 9.59 Å². The molecule has 5 heteroatoms. The van der Waals surface area contributed by atoms with Crippen LogP contribution < -0.4 is 5.32 Å². The normalized spacial score (nSPS) is 22.0. The summed E-state index contributed by atoms with van der Waals surface area (Å²) in [5.74, 6) is -2.10. The van der Waals surface area contributed by atoms with Gasteiger partial charge in [0.05, 0.1) is 11.8 Å². The number of hydrogen-bond donors (Lipinski definition) is 2. The van der Waals surface area contributed by atoms with Gasteiger partial charge in [0.1, 0.15) is 0 Å². The Bertz CT molecular complexity index is 487. The third-order valence-corrected chi connectivity index (χ3v) is 3.38. The van der Waals surface area contributed by atoms with Crippen molar-refractivity contribution in [3.63, 3.8) is 0 Å². The van der Waals surface area contributed by atoms with Crippen molar-refractivity contribution < 1.29 is 14.7 Å². The number of hydrogen-bond acceptors (Lipinski definition) is 2. The van der Waals surface area contributed by atoms with Crippen LogP contribution in [0.4, 0.5) is 5.69 Å². The molecule has 1 aromatic rings. The Morgan fingerprint density at radius 3 is 2.71 bits per heavy atom. The summed E-state index contributed by atoms with van der Waals surface area (Å²) in [5.41, 5.74) is 1.42. The Hall–Kier alpha value is -1.55. The lowest BCUT2D eigenvalue weighted by Crippen LogP contribution is -2.17. The van der Waals surface area contributed by atoms with Crippen LogP contribution in [0.15, 0.2) is 18.2 Å². The maximum absolute atomic E-state index is 11.7. The molecule has 2 rings (SSSR count). The summed E-state index contributed by atoms with van der Waals surface area (Å²) in [5, 5.41) is 12.0. The minimum absolute atomic E-state index is 0.247. The molecule has 0 spiro atoms. The zero-order valence-electron chi connectivity index (χ0n) is 9.24. The van der Waals surface area contributed by atoms with Crippen molar-refractivity contribution in [1.29, 1.82) is 0 Å². The Balaban J connectivity index is 2.05. The molecule has 1 saturated carbocycles. The molecule has 90 valence electrons. The molecule has 0 aromatic heterocycles. The largest absolute Gasteiger partial charge is 0.481 e. The molecule has 1 aliphatic rings. The zero-order valence-corrected chi connectivity index (χ0v) is 9.99. The third kappa shape index (κ3) is 2.42. The van der Waals surface area contributed by atoms with E-state index in [1.807, 2.05) is 0 Å². The second kappa shape index (κ2) is 4.37. The van der Waals surface area contributed by atoms with Crippen molar-refractivity contribution in [2.45, 2.75) is 13.3 Å². The van der Waals surface area contributed by atoms with Gasteiger partial charge >= 0.3 is 5.97 Å². The van der Waals surface area contributed by atoms with Gasteiger partial charge in [-0.2, -0.15) is 0 Å². The van der Waals surface area contributed by atoms with Crippen LogP contribution in [0.2, 0.25) is 5.02 Å². The van der Waals surface area contributed by atoms with Crippen LogP contribution >= 0.6 is 11.6 Å². The number of anilines is 1. The molecule has 1 fully saturated rings. The highest BCUT2D eigenvalue weighted by atomic mass is 35.5. The summed E-state index contributed by atoms with van der Waals surface area (Å²) in [6.45, 7) is 1.81. The molecule has 0 aliphatic heterocycles. The molecule has 2 N–H and O–H groups in total. The second-order valence-electron chi connectivity index (χ2n) is 4.19. The minimum Gasteiger partial charge on any atom is -0.481 e. The highest BCUT2D eigenvalue weighted by Gasteiger charge is 2.48. The van der Waals surface area contributed by atoms with Gasteiger partial charge in [-0.15, -0.1) is 0 Å². The summed E-state index contributed by atoms with van der Waals surface area (Å²) in [6, 6.07) is 5.23. The Kier molecular flexibility index (Phi) is 3.07. The van der Waals surface area contributed by atoms with Gasteiger partial charge in [-0.1, -0.05) is 17.7 Å². The number of halogens is 1. The van der Waals surface area contributed by atoms with E-state index in [1.54, 1.807) is 25.1 Å². The molecule has 17 heavy (non-hydrogen) atoms. The summed E-state index contributed by atoms with van der Waals surface area (Å²) in [4.78, 5) is 22.4. The van der Waals surface area contributed by atoms with Crippen LogP contribution in [0, 0.1) is 18.8 Å². The van der Waals surface area contributed by atoms with Crippen LogP contribution in [0.25, 0.3) is 0 Å². The number of carbonyl (C=O) groups excluding carboxylic acids is 1. The fourth-order valence-corrected chi connectivity index (χ4v) is 1.90. The first kappa shape index (κ1) is 11.9. The maximum Gasteiger partial charge on any atom is 0.307 e. The van der Waals surface area contributed by atoms with E-state index < -0.39 is 17.8 Å². The number of carboxylic acid groups (broad SMARTS) is 1. The third-order valence-electron chi connectivity index (χ3n) is 2.97. The highest BCUT2D eigenvalue weighted by Crippen LogP contribution is 2.39. The minimum atomic E-state index is -0.909. The standard InChI is InChI=1S/C12H12ClNO3/c1-6-9(13)3-2-4-10(6)14-11(15)7-5-8(7)12(16)17/h2-4,7-8H,5H2,1H3,(H,14,15)(H,16,17)/t7-,8+/m1/s1. The fourth-order valence-electron chi connectivity index (χ4n) is 1.73. The summed E-state index contributed by atoms with van der Waals surface area (Å²) in [6.07, 6.45) is 0.417. The highest BCUT2D eigenvalue weighted by molar-refractivity contribution is 6.31. The van der Waals surface area contributed by atoms with Crippen LogP contribution in [0.1, 0.15) is 12.0 Å². The van der Waals surface area contributed by atoms with Crippen LogP contribution in [0.3, 0.4) is 0 Å². The quantitative estimate of drug-likeness (QED) is 0.869.